The van der Waals surface area contributed by atoms with E-state index in [0.29, 0.717) is 11.5 Å². The molecular formula is C20H25N. The van der Waals surface area contributed by atoms with Gasteiger partial charge >= 0.3 is 0 Å². The van der Waals surface area contributed by atoms with Gasteiger partial charge in [-0.1, -0.05) is 67.1 Å². The normalized spacial score (nSPS) is 17.4. The maximum atomic E-state index is 3.75. The van der Waals surface area contributed by atoms with Gasteiger partial charge in [-0.05, 0) is 43.9 Å². The Bertz CT molecular complexity index is 567. The van der Waals surface area contributed by atoms with Crippen molar-refractivity contribution >= 4 is 0 Å². The average Bonchev–Trinajstić information content (AvgIpc) is 3.32. The third-order valence-electron chi connectivity index (χ3n) is 4.82. The number of likely N-dealkylation sites (N-methyl/N-ethyl adjacent to an activating group) is 1. The molecule has 0 aromatic heterocycles. The van der Waals surface area contributed by atoms with Crippen LogP contribution in [0.5, 0.6) is 0 Å². The van der Waals surface area contributed by atoms with E-state index in [0.717, 1.165) is 13.0 Å². The number of hydrogen-bond acceptors (Lipinski definition) is 1. The van der Waals surface area contributed by atoms with Crippen LogP contribution in [0.25, 0.3) is 0 Å². The molecule has 1 N–H and O–H groups in total. The van der Waals surface area contributed by atoms with Crippen LogP contribution in [0.4, 0.5) is 0 Å². The first-order valence-electron chi connectivity index (χ1n) is 8.09. The molecule has 110 valence electrons. The van der Waals surface area contributed by atoms with Crippen LogP contribution in [-0.4, -0.2) is 12.6 Å². The highest BCUT2D eigenvalue weighted by Gasteiger charge is 2.49. The van der Waals surface area contributed by atoms with E-state index in [1.54, 1.807) is 0 Å². The highest BCUT2D eigenvalue weighted by Crippen LogP contribution is 2.51. The van der Waals surface area contributed by atoms with Crippen molar-refractivity contribution in [3.8, 4) is 0 Å². The quantitative estimate of drug-likeness (QED) is 0.833. The number of benzene rings is 2. The Morgan fingerprint density at radius 3 is 2.24 bits per heavy atom. The molecule has 0 spiro atoms. The van der Waals surface area contributed by atoms with Crippen molar-refractivity contribution in [1.82, 2.24) is 5.32 Å². The molecule has 1 atom stereocenters. The molecule has 1 fully saturated rings. The summed E-state index contributed by atoms with van der Waals surface area (Å²) in [6.45, 7) is 5.40. The largest absolute Gasteiger partial charge is 0.313 e. The lowest BCUT2D eigenvalue weighted by molar-refractivity contribution is 0.421. The van der Waals surface area contributed by atoms with Crippen molar-refractivity contribution in [2.24, 2.45) is 0 Å². The number of aryl methyl sites for hydroxylation is 1. The molecule has 21 heavy (non-hydrogen) atoms. The molecule has 1 aliphatic carbocycles. The second-order valence-electron chi connectivity index (χ2n) is 6.32. The zero-order valence-corrected chi connectivity index (χ0v) is 13.1. The Balaban J connectivity index is 1.83. The molecule has 1 saturated carbocycles. The van der Waals surface area contributed by atoms with Gasteiger partial charge in [0.2, 0.25) is 0 Å². The molecule has 2 aromatic carbocycles. The molecule has 3 rings (SSSR count). The van der Waals surface area contributed by atoms with Crippen molar-refractivity contribution in [3.05, 3.63) is 71.3 Å². The lowest BCUT2D eigenvalue weighted by atomic mass is 9.84. The van der Waals surface area contributed by atoms with Gasteiger partial charge in [-0.25, -0.2) is 0 Å². The van der Waals surface area contributed by atoms with Gasteiger partial charge in [-0.2, -0.15) is 0 Å². The molecule has 0 heterocycles. The Kier molecular flexibility index (Phi) is 4.12. The minimum absolute atomic E-state index is 0.349. The minimum Gasteiger partial charge on any atom is -0.313 e. The third kappa shape index (κ3) is 3.03. The van der Waals surface area contributed by atoms with Crippen molar-refractivity contribution in [1.29, 1.82) is 0 Å². The molecule has 0 saturated heterocycles. The summed E-state index contributed by atoms with van der Waals surface area (Å²) in [5.74, 6) is 0. The van der Waals surface area contributed by atoms with E-state index in [4.69, 9.17) is 0 Å². The van der Waals surface area contributed by atoms with E-state index in [9.17, 15) is 0 Å². The van der Waals surface area contributed by atoms with Gasteiger partial charge in [0.05, 0.1) is 0 Å². The fourth-order valence-electron chi connectivity index (χ4n) is 3.41. The molecule has 0 aliphatic heterocycles. The lowest BCUT2D eigenvalue weighted by Crippen LogP contribution is -2.41. The van der Waals surface area contributed by atoms with E-state index in [-0.39, 0.29) is 0 Å². The van der Waals surface area contributed by atoms with Gasteiger partial charge < -0.3 is 5.32 Å². The molecule has 1 nitrogen and oxygen atoms in total. The Morgan fingerprint density at radius 2 is 1.67 bits per heavy atom. The van der Waals surface area contributed by atoms with E-state index in [2.05, 4.69) is 73.8 Å². The maximum Gasteiger partial charge on any atom is 0.0204 e. The fourth-order valence-corrected chi connectivity index (χ4v) is 3.41. The smallest absolute Gasteiger partial charge is 0.0204 e. The van der Waals surface area contributed by atoms with E-state index >= 15 is 0 Å². The van der Waals surface area contributed by atoms with Crippen LogP contribution in [0.1, 0.15) is 36.5 Å². The summed E-state index contributed by atoms with van der Waals surface area (Å²) in [6.07, 6.45) is 3.73. The lowest BCUT2D eigenvalue weighted by Gasteiger charge is -2.28. The average molecular weight is 279 g/mol. The molecule has 2 aromatic rings. The number of rotatable bonds is 6. The van der Waals surface area contributed by atoms with Gasteiger partial charge in [0.1, 0.15) is 0 Å². The van der Waals surface area contributed by atoms with Crippen molar-refractivity contribution in [2.75, 3.05) is 6.54 Å². The van der Waals surface area contributed by atoms with Crippen LogP contribution in [0.3, 0.4) is 0 Å². The minimum atomic E-state index is 0.349. The molecular weight excluding hydrogens is 254 g/mol. The van der Waals surface area contributed by atoms with Crippen LogP contribution in [0.2, 0.25) is 0 Å². The standard InChI is InChI=1S/C20H25N/c1-3-21-19(15-17-11-9-16(2)10-12-17)20(13-14-20)18-7-5-4-6-8-18/h4-12,19,21H,3,13-15H2,1-2H3. The zero-order valence-electron chi connectivity index (χ0n) is 13.1. The van der Waals surface area contributed by atoms with Gasteiger partial charge in [-0.15, -0.1) is 0 Å². The summed E-state index contributed by atoms with van der Waals surface area (Å²) in [5, 5.41) is 3.75. The second-order valence-corrected chi connectivity index (χ2v) is 6.32. The van der Waals surface area contributed by atoms with Crippen molar-refractivity contribution in [2.45, 2.75) is 44.6 Å². The van der Waals surface area contributed by atoms with Crippen LogP contribution >= 0.6 is 0 Å². The van der Waals surface area contributed by atoms with Gasteiger partial charge in [0.25, 0.3) is 0 Å². The van der Waals surface area contributed by atoms with Crippen LogP contribution in [0.15, 0.2) is 54.6 Å². The second kappa shape index (κ2) is 6.03. The number of hydrogen-bond donors (Lipinski definition) is 1. The van der Waals surface area contributed by atoms with Gasteiger partial charge in [0.15, 0.2) is 0 Å². The van der Waals surface area contributed by atoms with Crippen LogP contribution < -0.4 is 5.32 Å². The Hall–Kier alpha value is -1.60. The van der Waals surface area contributed by atoms with Crippen LogP contribution in [0, 0.1) is 6.92 Å². The Labute approximate surface area is 128 Å². The molecule has 0 amide bonds. The van der Waals surface area contributed by atoms with E-state index in [1.807, 2.05) is 0 Å². The summed E-state index contributed by atoms with van der Waals surface area (Å²) in [6, 6.07) is 20.6. The molecule has 0 bridgehead atoms. The van der Waals surface area contributed by atoms with Crippen molar-refractivity contribution < 1.29 is 0 Å². The summed E-state index contributed by atoms with van der Waals surface area (Å²) < 4.78 is 0. The van der Waals surface area contributed by atoms with Crippen molar-refractivity contribution in [3.63, 3.8) is 0 Å². The third-order valence-corrected chi connectivity index (χ3v) is 4.82. The van der Waals surface area contributed by atoms with Crippen LogP contribution in [-0.2, 0) is 11.8 Å². The fraction of sp³-hybridized carbons (Fsp3) is 0.400. The maximum absolute atomic E-state index is 3.75. The molecule has 0 radical (unpaired) electrons. The monoisotopic (exact) mass is 279 g/mol. The first-order valence-corrected chi connectivity index (χ1v) is 8.09. The molecule has 1 aliphatic rings. The van der Waals surface area contributed by atoms with E-state index < -0.39 is 0 Å². The summed E-state index contributed by atoms with van der Waals surface area (Å²) in [4.78, 5) is 0. The first kappa shape index (κ1) is 14.3. The zero-order chi connectivity index (χ0) is 14.7. The van der Waals surface area contributed by atoms with Gasteiger partial charge in [0, 0.05) is 11.5 Å². The Morgan fingerprint density at radius 1 is 1.00 bits per heavy atom. The topological polar surface area (TPSA) is 12.0 Å². The molecule has 1 heteroatoms. The summed E-state index contributed by atoms with van der Waals surface area (Å²) in [5.41, 5.74) is 4.63. The predicted octanol–water partition coefficient (Wildman–Crippen LogP) is 4.25. The number of nitrogens with one attached hydrogen (secondary N) is 1. The van der Waals surface area contributed by atoms with Gasteiger partial charge in [-0.3, -0.25) is 0 Å². The summed E-state index contributed by atoms with van der Waals surface area (Å²) in [7, 11) is 0. The highest BCUT2D eigenvalue weighted by atomic mass is 14.9. The first-order chi connectivity index (χ1) is 10.2. The molecule has 1 unspecified atom stereocenters. The van der Waals surface area contributed by atoms with E-state index in [1.165, 1.54) is 29.5 Å². The predicted molar refractivity (Wildman–Crippen MR) is 89.7 cm³/mol. The summed E-state index contributed by atoms with van der Waals surface area (Å²) >= 11 is 0. The highest BCUT2D eigenvalue weighted by molar-refractivity contribution is 5.35. The SMILES string of the molecule is CCNC(Cc1ccc(C)cc1)C1(c2ccccc2)CC1.